The highest BCUT2D eigenvalue weighted by atomic mass is 19.1. The minimum Gasteiger partial charge on any atom is -0.394 e. The molecule has 0 spiro atoms. The van der Waals surface area contributed by atoms with Gasteiger partial charge in [-0.2, -0.15) is 4.98 Å². The number of anilines is 2. The van der Waals surface area contributed by atoms with E-state index in [2.05, 4.69) is 25.6 Å². The topological polar surface area (TPSA) is 145 Å². The Morgan fingerprint density at radius 1 is 0.978 bits per heavy atom. The first-order valence-electron chi connectivity index (χ1n) is 14.1. The molecule has 6 aromatic rings. The van der Waals surface area contributed by atoms with E-state index in [0.29, 0.717) is 11.3 Å². The Labute approximate surface area is 255 Å². The van der Waals surface area contributed by atoms with Gasteiger partial charge in [0, 0.05) is 34.4 Å². The van der Waals surface area contributed by atoms with Crippen LogP contribution in [0.1, 0.15) is 11.1 Å². The maximum atomic E-state index is 15.0. The number of nitrogens with one attached hydrogen (secondary N) is 3. The summed E-state index contributed by atoms with van der Waals surface area (Å²) in [6.45, 7) is 0.895. The van der Waals surface area contributed by atoms with Crippen LogP contribution >= 0.6 is 0 Å². The van der Waals surface area contributed by atoms with E-state index in [1.165, 1.54) is 18.2 Å². The molecule has 0 aliphatic carbocycles. The number of para-hydroxylation sites is 2. The fraction of sp³-hybridized carbons (Fsp3) is 0.152. The molecule has 0 saturated carbocycles. The normalized spacial score (nSPS) is 11.4. The molecule has 0 radical (unpaired) electrons. The van der Waals surface area contributed by atoms with Crippen molar-refractivity contribution in [2.45, 2.75) is 19.4 Å². The van der Waals surface area contributed by atoms with Crippen molar-refractivity contribution in [3.63, 3.8) is 0 Å². The molecule has 0 aliphatic heterocycles. The van der Waals surface area contributed by atoms with Crippen molar-refractivity contribution in [1.82, 2.24) is 19.5 Å². The molecule has 3 aromatic heterocycles. The molecule has 5 N–H and O–H groups in total. The number of H-pyrrole nitrogens is 1. The van der Waals surface area contributed by atoms with Crippen molar-refractivity contribution in [3.8, 4) is 16.9 Å². The van der Waals surface area contributed by atoms with Crippen molar-refractivity contribution >= 4 is 39.5 Å². The van der Waals surface area contributed by atoms with Crippen LogP contribution in [0, 0.1) is 18.6 Å². The number of amides is 1. The number of nitrogens with zero attached hydrogens (tertiary/aromatic N) is 3. The summed E-state index contributed by atoms with van der Waals surface area (Å²) in [5.41, 5.74) is 2.29. The first kappa shape index (κ1) is 29.6. The number of rotatable bonds is 9. The van der Waals surface area contributed by atoms with E-state index in [1.54, 1.807) is 18.2 Å². The highest BCUT2D eigenvalue weighted by Gasteiger charge is 2.21. The third-order valence-electron chi connectivity index (χ3n) is 7.49. The van der Waals surface area contributed by atoms with Crippen LogP contribution in [0.15, 0.2) is 83.8 Å². The van der Waals surface area contributed by atoms with Gasteiger partial charge in [-0.15, -0.1) is 0 Å². The number of hydrogen-bond acceptors (Lipinski definition) is 7. The van der Waals surface area contributed by atoms with Crippen LogP contribution in [0.3, 0.4) is 0 Å². The predicted molar refractivity (Wildman–Crippen MR) is 167 cm³/mol. The quantitative estimate of drug-likeness (QED) is 0.163. The van der Waals surface area contributed by atoms with Crippen LogP contribution in [0.25, 0.3) is 38.9 Å². The molecule has 3 heterocycles. The average Bonchev–Trinajstić information content (AvgIpc) is 3.51. The van der Waals surface area contributed by atoms with Crippen LogP contribution in [0.5, 0.6) is 0 Å². The molecule has 0 bridgehead atoms. The van der Waals surface area contributed by atoms with E-state index in [9.17, 15) is 28.6 Å². The molecule has 45 heavy (non-hydrogen) atoms. The molecule has 0 fully saturated rings. The predicted octanol–water partition coefficient (Wildman–Crippen LogP) is 4.46. The minimum atomic E-state index is -0.973. The summed E-state index contributed by atoms with van der Waals surface area (Å²) in [5.74, 6) is -2.30. The van der Waals surface area contributed by atoms with Gasteiger partial charge in [0.15, 0.2) is 5.65 Å². The summed E-state index contributed by atoms with van der Waals surface area (Å²) in [7, 11) is 0. The second-order valence-corrected chi connectivity index (χ2v) is 10.5. The number of aliphatic hydroxyl groups excluding tert-OH is 2. The Morgan fingerprint density at radius 2 is 1.73 bits per heavy atom. The van der Waals surface area contributed by atoms with Gasteiger partial charge in [0.1, 0.15) is 17.3 Å². The van der Waals surface area contributed by atoms with Gasteiger partial charge < -0.3 is 25.8 Å². The van der Waals surface area contributed by atoms with Gasteiger partial charge in [-0.3, -0.25) is 14.2 Å². The van der Waals surface area contributed by atoms with E-state index >= 15 is 0 Å². The van der Waals surface area contributed by atoms with Crippen LogP contribution in [-0.2, 0) is 11.2 Å². The van der Waals surface area contributed by atoms with E-state index < -0.39 is 42.1 Å². The lowest BCUT2D eigenvalue weighted by Gasteiger charge is -2.18. The number of fused-ring (bicyclic) bond motifs is 2. The Hall–Kier alpha value is -5.46. The number of aromatic nitrogens is 4. The van der Waals surface area contributed by atoms with Crippen molar-refractivity contribution in [3.05, 3.63) is 112 Å². The van der Waals surface area contributed by atoms with E-state index in [0.717, 1.165) is 38.7 Å². The monoisotopic (exact) mass is 610 g/mol. The Morgan fingerprint density at radius 3 is 2.49 bits per heavy atom. The maximum absolute atomic E-state index is 15.0. The smallest absolute Gasteiger partial charge is 0.256 e. The lowest BCUT2D eigenvalue weighted by atomic mass is 10.0. The molecule has 228 valence electrons. The summed E-state index contributed by atoms with van der Waals surface area (Å²) in [5, 5.41) is 26.4. The zero-order valence-corrected chi connectivity index (χ0v) is 24.0. The molecule has 1 amide bonds. The highest BCUT2D eigenvalue weighted by molar-refractivity contribution is 5.98. The third-order valence-corrected chi connectivity index (χ3v) is 7.49. The lowest BCUT2D eigenvalue weighted by Crippen LogP contribution is -2.29. The zero-order valence-electron chi connectivity index (χ0n) is 24.0. The molecular formula is C33H28F2N6O4. The third kappa shape index (κ3) is 5.76. The second-order valence-electron chi connectivity index (χ2n) is 10.5. The first-order chi connectivity index (χ1) is 21.8. The van der Waals surface area contributed by atoms with Crippen LogP contribution in [-0.4, -0.2) is 54.9 Å². The number of benzene rings is 3. The number of carbonyl (C=O) groups is 1. The number of halogens is 2. The molecule has 0 atom stereocenters. The summed E-state index contributed by atoms with van der Waals surface area (Å²) in [4.78, 5) is 38.4. The van der Waals surface area contributed by atoms with Crippen molar-refractivity contribution in [2.75, 3.05) is 23.8 Å². The van der Waals surface area contributed by atoms with Gasteiger partial charge in [-0.1, -0.05) is 30.3 Å². The fourth-order valence-electron chi connectivity index (χ4n) is 5.27. The van der Waals surface area contributed by atoms with Crippen molar-refractivity contribution in [1.29, 1.82) is 0 Å². The van der Waals surface area contributed by atoms with Crippen LogP contribution in [0.4, 0.5) is 20.4 Å². The summed E-state index contributed by atoms with van der Waals surface area (Å²) in [6, 6.07) is 17.9. The van der Waals surface area contributed by atoms with E-state index in [4.69, 9.17) is 0 Å². The number of aliphatic hydroxyl groups is 2. The molecule has 0 unspecified atom stereocenters. The number of pyridine rings is 1. The first-order valence-corrected chi connectivity index (χ1v) is 14.1. The van der Waals surface area contributed by atoms with Crippen LogP contribution in [0.2, 0.25) is 0 Å². The second kappa shape index (κ2) is 12.3. The molecule has 0 aliphatic rings. The summed E-state index contributed by atoms with van der Waals surface area (Å²) < 4.78 is 30.8. The number of aryl methyl sites for hydroxylation is 1. The average molecular weight is 611 g/mol. The van der Waals surface area contributed by atoms with Gasteiger partial charge in [0.2, 0.25) is 11.9 Å². The zero-order chi connectivity index (χ0) is 31.7. The number of carbonyl (C=O) groups excluding carboxylic acids is 1. The Bertz CT molecular complexity index is 2100. The van der Waals surface area contributed by atoms with Gasteiger partial charge in [-0.25, -0.2) is 13.8 Å². The van der Waals surface area contributed by atoms with Gasteiger partial charge in [0.25, 0.3) is 5.56 Å². The minimum absolute atomic E-state index is 0.102. The number of hydrogen-bond donors (Lipinski definition) is 5. The maximum Gasteiger partial charge on any atom is 0.256 e. The van der Waals surface area contributed by atoms with Crippen molar-refractivity contribution in [2.24, 2.45) is 0 Å². The summed E-state index contributed by atoms with van der Waals surface area (Å²) in [6.07, 6.45) is 1.94. The standard InChI is InChI=1S/C33H28F2N6O4/c1-18-8-9-21(37-27(44)14-20-5-2-4-19-12-13-36-29(19)20)15-24(18)30-23-10-11-28(45)41(31-25(34)6-3-7-26(31)35)32(23)40-33(39-30)38-22(16-42)17-43/h2-13,15,22,36,42-43H,14,16-17H2,1H3,(H,37,44)(H,38,39,40). The molecule has 3 aromatic carbocycles. The highest BCUT2D eigenvalue weighted by Crippen LogP contribution is 2.33. The van der Waals surface area contributed by atoms with Crippen LogP contribution < -0.4 is 16.2 Å². The Kier molecular flexibility index (Phi) is 8.07. The van der Waals surface area contributed by atoms with Gasteiger partial charge >= 0.3 is 0 Å². The van der Waals surface area contributed by atoms with Gasteiger partial charge in [0.05, 0.1) is 31.4 Å². The van der Waals surface area contributed by atoms with E-state index in [-0.39, 0.29) is 35.0 Å². The molecular weight excluding hydrogens is 582 g/mol. The van der Waals surface area contributed by atoms with Gasteiger partial charge in [-0.05, 0) is 59.8 Å². The largest absolute Gasteiger partial charge is 0.394 e. The Balaban J connectivity index is 1.47. The summed E-state index contributed by atoms with van der Waals surface area (Å²) >= 11 is 0. The molecule has 12 heteroatoms. The number of aromatic amines is 1. The van der Waals surface area contributed by atoms with Crippen molar-refractivity contribution < 1.29 is 23.8 Å². The van der Waals surface area contributed by atoms with E-state index in [1.807, 2.05) is 37.4 Å². The molecule has 6 rings (SSSR count). The SMILES string of the molecule is Cc1ccc(NC(=O)Cc2cccc3cc[nH]c23)cc1-c1nc(NC(CO)CO)nc2c1ccc(=O)n2-c1c(F)cccc1F. The molecule has 0 saturated heterocycles. The fourth-order valence-corrected chi connectivity index (χ4v) is 5.27. The molecule has 10 nitrogen and oxygen atoms in total. The lowest BCUT2D eigenvalue weighted by molar-refractivity contribution is -0.115.